The molecule has 0 bridgehead atoms. The van der Waals surface area contributed by atoms with Crippen molar-refractivity contribution in [3.05, 3.63) is 63.6 Å². The summed E-state index contributed by atoms with van der Waals surface area (Å²) in [5.74, 6) is -0.733. The highest BCUT2D eigenvalue weighted by Gasteiger charge is 2.29. The van der Waals surface area contributed by atoms with E-state index in [-0.39, 0.29) is 12.3 Å². The molecule has 26 heavy (non-hydrogen) atoms. The van der Waals surface area contributed by atoms with Crippen LogP contribution in [-0.2, 0) is 20.8 Å². The summed E-state index contributed by atoms with van der Waals surface area (Å²) in [4.78, 5) is 28.5. The van der Waals surface area contributed by atoms with Gasteiger partial charge in [0.2, 0.25) is 12.0 Å². The molecule has 3 rings (SSSR count). The van der Waals surface area contributed by atoms with Crippen LogP contribution in [0.2, 0.25) is 10.0 Å². The van der Waals surface area contributed by atoms with Gasteiger partial charge in [-0.05, 0) is 29.8 Å². The molecule has 0 aromatic heterocycles. The second-order valence-corrected chi connectivity index (χ2v) is 6.63. The molecule has 0 aliphatic carbocycles. The van der Waals surface area contributed by atoms with Gasteiger partial charge in [-0.25, -0.2) is 0 Å². The highest BCUT2D eigenvalue weighted by molar-refractivity contribution is 6.37. The fourth-order valence-electron chi connectivity index (χ4n) is 2.53. The number of nitrogens with two attached hydrogens (primary N) is 1. The van der Waals surface area contributed by atoms with Crippen LogP contribution in [0, 0.1) is 0 Å². The van der Waals surface area contributed by atoms with Gasteiger partial charge >= 0.3 is 0 Å². The van der Waals surface area contributed by atoms with Crippen LogP contribution in [0.1, 0.15) is 17.5 Å². The summed E-state index contributed by atoms with van der Waals surface area (Å²) in [7, 11) is 0. The van der Waals surface area contributed by atoms with Gasteiger partial charge in [0.15, 0.2) is 0 Å². The summed E-state index contributed by atoms with van der Waals surface area (Å²) in [6.07, 6.45) is -0.298. The summed E-state index contributed by atoms with van der Waals surface area (Å²) in [6.45, 7) is 0. The first-order valence-electron chi connectivity index (χ1n) is 7.78. The van der Waals surface area contributed by atoms with Gasteiger partial charge < -0.3 is 15.9 Å². The summed E-state index contributed by atoms with van der Waals surface area (Å²) in [5.41, 5.74) is 7.78. The average Bonchev–Trinajstić information content (AvgIpc) is 3.06. The van der Waals surface area contributed by atoms with Crippen molar-refractivity contribution in [2.24, 2.45) is 10.9 Å². The lowest BCUT2D eigenvalue weighted by Gasteiger charge is -2.10. The molecular formula is C18H15Cl2N3O3. The Morgan fingerprint density at radius 2 is 1.92 bits per heavy atom. The number of carbonyl (C=O) groups is 2. The van der Waals surface area contributed by atoms with Crippen molar-refractivity contribution in [2.45, 2.75) is 18.9 Å². The van der Waals surface area contributed by atoms with Crippen molar-refractivity contribution in [1.29, 1.82) is 0 Å². The molecule has 0 spiro atoms. The van der Waals surface area contributed by atoms with Gasteiger partial charge in [-0.3, -0.25) is 9.59 Å². The Morgan fingerprint density at radius 1 is 1.19 bits per heavy atom. The molecule has 0 fully saturated rings. The molecule has 1 aliphatic heterocycles. The second kappa shape index (κ2) is 7.76. The number of oxime groups is 1. The Balaban J connectivity index is 1.61. The number of rotatable bonds is 5. The van der Waals surface area contributed by atoms with Crippen molar-refractivity contribution >= 4 is 46.4 Å². The Kier molecular flexibility index (Phi) is 5.44. The highest BCUT2D eigenvalue weighted by Crippen LogP contribution is 2.26. The molecule has 2 aromatic rings. The van der Waals surface area contributed by atoms with E-state index in [2.05, 4.69) is 10.5 Å². The van der Waals surface area contributed by atoms with Crippen molar-refractivity contribution < 1.29 is 14.4 Å². The average molecular weight is 392 g/mol. The van der Waals surface area contributed by atoms with Crippen LogP contribution in [0.3, 0.4) is 0 Å². The fraction of sp³-hybridized carbons (Fsp3) is 0.167. The topological polar surface area (TPSA) is 93.8 Å². The third kappa shape index (κ3) is 4.33. The summed E-state index contributed by atoms with van der Waals surface area (Å²) in [6, 6.07) is 11.9. The van der Waals surface area contributed by atoms with E-state index in [1.807, 2.05) is 0 Å². The standard InChI is InChI=1S/C18H15Cl2N3O3/c19-11-3-6-13(14(20)8-11)15-9-16(26-23-15)18(25)22-12-4-1-10(2-5-12)7-17(21)24/h1-6,8,16H,7,9H2,(H2,21,24)(H,22,25)/t16-/m0/s1. The summed E-state index contributed by atoms with van der Waals surface area (Å²) >= 11 is 12.0. The molecule has 2 aromatic carbocycles. The maximum atomic E-state index is 12.4. The number of anilines is 1. The van der Waals surface area contributed by atoms with Crippen LogP contribution < -0.4 is 11.1 Å². The number of carbonyl (C=O) groups excluding carboxylic acids is 2. The molecule has 2 amide bonds. The van der Waals surface area contributed by atoms with E-state index in [0.29, 0.717) is 33.4 Å². The van der Waals surface area contributed by atoms with Crippen molar-refractivity contribution in [2.75, 3.05) is 5.32 Å². The van der Waals surface area contributed by atoms with E-state index in [4.69, 9.17) is 33.8 Å². The van der Waals surface area contributed by atoms with Gasteiger partial charge in [0.25, 0.3) is 5.91 Å². The van der Waals surface area contributed by atoms with Crippen LogP contribution in [-0.4, -0.2) is 23.6 Å². The number of nitrogens with one attached hydrogen (secondary N) is 1. The number of hydrogen-bond donors (Lipinski definition) is 2. The molecule has 8 heteroatoms. The lowest BCUT2D eigenvalue weighted by atomic mass is 10.0. The number of nitrogens with zero attached hydrogens (tertiary/aromatic N) is 1. The van der Waals surface area contributed by atoms with Gasteiger partial charge in [-0.2, -0.15) is 0 Å². The monoisotopic (exact) mass is 391 g/mol. The Morgan fingerprint density at radius 3 is 2.58 bits per heavy atom. The van der Waals surface area contributed by atoms with E-state index in [9.17, 15) is 9.59 Å². The lowest BCUT2D eigenvalue weighted by Crippen LogP contribution is -2.28. The minimum absolute atomic E-state index is 0.152. The minimum atomic E-state index is -0.748. The smallest absolute Gasteiger partial charge is 0.268 e. The van der Waals surface area contributed by atoms with Gasteiger partial charge in [0, 0.05) is 22.7 Å². The van der Waals surface area contributed by atoms with Crippen molar-refractivity contribution in [1.82, 2.24) is 0 Å². The number of benzene rings is 2. The zero-order chi connectivity index (χ0) is 18.7. The summed E-state index contributed by atoms with van der Waals surface area (Å²) in [5, 5.41) is 7.69. The molecule has 1 heterocycles. The largest absolute Gasteiger partial charge is 0.382 e. The van der Waals surface area contributed by atoms with Gasteiger partial charge in [-0.15, -0.1) is 0 Å². The Labute approximate surface area is 159 Å². The van der Waals surface area contributed by atoms with Crippen LogP contribution in [0.15, 0.2) is 47.6 Å². The van der Waals surface area contributed by atoms with E-state index >= 15 is 0 Å². The van der Waals surface area contributed by atoms with Gasteiger partial charge in [0.1, 0.15) is 0 Å². The highest BCUT2D eigenvalue weighted by atomic mass is 35.5. The fourth-order valence-corrected chi connectivity index (χ4v) is 3.05. The Bertz CT molecular complexity index is 882. The first-order chi connectivity index (χ1) is 12.4. The van der Waals surface area contributed by atoms with Crippen molar-refractivity contribution in [3.63, 3.8) is 0 Å². The number of primary amides is 1. The molecule has 3 N–H and O–H groups in total. The second-order valence-electron chi connectivity index (χ2n) is 5.79. The van der Waals surface area contributed by atoms with Crippen LogP contribution in [0.25, 0.3) is 0 Å². The minimum Gasteiger partial charge on any atom is -0.382 e. The van der Waals surface area contributed by atoms with Gasteiger partial charge in [-0.1, -0.05) is 46.6 Å². The molecule has 1 aliphatic rings. The van der Waals surface area contributed by atoms with Crippen LogP contribution >= 0.6 is 23.2 Å². The Hall–Kier alpha value is -2.57. The maximum absolute atomic E-state index is 12.4. The maximum Gasteiger partial charge on any atom is 0.268 e. The van der Waals surface area contributed by atoms with E-state index in [0.717, 1.165) is 5.56 Å². The SMILES string of the molecule is NC(=O)Cc1ccc(NC(=O)[C@@H]2CC(c3ccc(Cl)cc3Cl)=NO2)cc1. The molecule has 1 atom stereocenters. The van der Waals surface area contributed by atoms with E-state index in [1.165, 1.54) is 0 Å². The first-order valence-corrected chi connectivity index (χ1v) is 8.54. The molecule has 134 valence electrons. The zero-order valence-corrected chi connectivity index (χ0v) is 15.1. The zero-order valence-electron chi connectivity index (χ0n) is 13.5. The quantitative estimate of drug-likeness (QED) is 0.819. The molecule has 0 saturated heterocycles. The van der Waals surface area contributed by atoms with Gasteiger partial charge in [0.05, 0.1) is 17.2 Å². The van der Waals surface area contributed by atoms with Crippen LogP contribution in [0.4, 0.5) is 5.69 Å². The molecule has 0 unspecified atom stereocenters. The predicted molar refractivity (Wildman–Crippen MR) is 100 cm³/mol. The third-order valence-electron chi connectivity index (χ3n) is 3.80. The van der Waals surface area contributed by atoms with Crippen molar-refractivity contribution in [3.8, 4) is 0 Å². The van der Waals surface area contributed by atoms with Crippen LogP contribution in [0.5, 0.6) is 0 Å². The molecular weight excluding hydrogens is 377 g/mol. The third-order valence-corrected chi connectivity index (χ3v) is 4.35. The normalized spacial score (nSPS) is 15.9. The predicted octanol–water partition coefficient (Wildman–Crippen LogP) is 3.15. The van der Waals surface area contributed by atoms with E-state index in [1.54, 1.807) is 42.5 Å². The molecule has 0 saturated carbocycles. The lowest BCUT2D eigenvalue weighted by molar-refractivity contribution is -0.125. The van der Waals surface area contributed by atoms with E-state index < -0.39 is 12.0 Å². The first kappa shape index (κ1) is 18.2. The number of halogens is 2. The number of amides is 2. The number of hydrogen-bond acceptors (Lipinski definition) is 4. The summed E-state index contributed by atoms with van der Waals surface area (Å²) < 4.78 is 0. The molecule has 6 nitrogen and oxygen atoms in total. The molecule has 0 radical (unpaired) electrons.